The van der Waals surface area contributed by atoms with Crippen molar-refractivity contribution >= 4 is 28.5 Å². The van der Waals surface area contributed by atoms with Gasteiger partial charge < -0.3 is 14.5 Å². The van der Waals surface area contributed by atoms with E-state index in [0.29, 0.717) is 30.0 Å². The van der Waals surface area contributed by atoms with E-state index in [1.165, 1.54) is 6.92 Å². The molecule has 25 heavy (non-hydrogen) atoms. The molecule has 1 aromatic heterocycles. The Hall–Kier alpha value is -2.60. The van der Waals surface area contributed by atoms with Crippen molar-refractivity contribution in [2.45, 2.75) is 26.4 Å². The van der Waals surface area contributed by atoms with Crippen molar-refractivity contribution in [1.82, 2.24) is 5.32 Å². The zero-order chi connectivity index (χ0) is 18.2. The van der Waals surface area contributed by atoms with Crippen molar-refractivity contribution in [2.24, 2.45) is 0 Å². The number of furan rings is 1. The van der Waals surface area contributed by atoms with Gasteiger partial charge in [0.2, 0.25) is 5.24 Å². The van der Waals surface area contributed by atoms with Gasteiger partial charge >= 0.3 is 0 Å². The summed E-state index contributed by atoms with van der Waals surface area (Å²) in [6.45, 7) is 2.00. The number of ketones is 1. The maximum Gasteiger partial charge on any atom is 0.286 e. The lowest BCUT2D eigenvalue weighted by Crippen LogP contribution is -2.24. The van der Waals surface area contributed by atoms with Gasteiger partial charge in [-0.2, -0.15) is 0 Å². The normalized spacial score (nSPS) is 10.3. The molecule has 2 rings (SSSR count). The topological polar surface area (TPSA) is 85.6 Å². The van der Waals surface area contributed by atoms with Gasteiger partial charge in [-0.05, 0) is 61.3 Å². The summed E-state index contributed by atoms with van der Waals surface area (Å²) >= 11 is 5.22. The van der Waals surface area contributed by atoms with Gasteiger partial charge in [-0.3, -0.25) is 14.4 Å². The van der Waals surface area contributed by atoms with Gasteiger partial charge in [0, 0.05) is 18.5 Å². The first-order chi connectivity index (χ1) is 12.0. The lowest BCUT2D eigenvalue weighted by Gasteiger charge is -2.05. The molecule has 0 bridgehead atoms. The summed E-state index contributed by atoms with van der Waals surface area (Å²) < 4.78 is 11.0. The Balaban J connectivity index is 1.81. The second kappa shape index (κ2) is 9.03. The van der Waals surface area contributed by atoms with Gasteiger partial charge in [0.25, 0.3) is 5.91 Å². The number of ether oxygens (including phenoxy) is 1. The van der Waals surface area contributed by atoms with Crippen molar-refractivity contribution in [3.05, 3.63) is 53.5 Å². The highest BCUT2D eigenvalue weighted by Gasteiger charge is 2.11. The molecule has 1 heterocycles. The number of rotatable bonds is 9. The molecule has 0 atom stereocenters. The SMILES string of the molecule is CC(=O)c1ccc(OCc2ccc(C(=O)NCCCC(=O)Cl)o2)cc1. The minimum Gasteiger partial charge on any atom is -0.486 e. The fourth-order valence-corrected chi connectivity index (χ4v) is 2.17. The fraction of sp³-hybridized carbons (Fsp3) is 0.278. The molecule has 2 aromatic rings. The van der Waals surface area contributed by atoms with E-state index in [0.717, 1.165) is 0 Å². The Morgan fingerprint density at radius 1 is 1.12 bits per heavy atom. The van der Waals surface area contributed by atoms with Gasteiger partial charge in [-0.1, -0.05) is 0 Å². The van der Waals surface area contributed by atoms with Gasteiger partial charge in [0.05, 0.1) is 0 Å². The van der Waals surface area contributed by atoms with Crippen LogP contribution in [-0.2, 0) is 11.4 Å². The smallest absolute Gasteiger partial charge is 0.286 e. The average Bonchev–Trinajstić information content (AvgIpc) is 3.06. The number of hydrogen-bond acceptors (Lipinski definition) is 5. The average molecular weight is 364 g/mol. The van der Waals surface area contributed by atoms with Gasteiger partial charge in [-0.25, -0.2) is 0 Å². The van der Waals surface area contributed by atoms with Crippen LogP contribution in [-0.4, -0.2) is 23.5 Å². The molecule has 0 spiro atoms. The van der Waals surface area contributed by atoms with E-state index >= 15 is 0 Å². The molecule has 1 N–H and O–H groups in total. The van der Waals surface area contributed by atoms with Crippen LogP contribution in [0.15, 0.2) is 40.8 Å². The molecule has 0 aliphatic rings. The summed E-state index contributed by atoms with van der Waals surface area (Å²) in [5.74, 6) is 0.889. The molecule has 1 aromatic carbocycles. The number of benzene rings is 1. The molecular weight excluding hydrogens is 346 g/mol. The van der Waals surface area contributed by atoms with Gasteiger partial charge in [0.15, 0.2) is 11.5 Å². The lowest BCUT2D eigenvalue weighted by atomic mass is 10.1. The van der Waals surface area contributed by atoms with E-state index in [4.69, 9.17) is 20.8 Å². The molecule has 0 unspecified atom stereocenters. The van der Waals surface area contributed by atoms with Crippen LogP contribution in [0.3, 0.4) is 0 Å². The number of carbonyl (C=O) groups excluding carboxylic acids is 3. The number of nitrogens with one attached hydrogen (secondary N) is 1. The second-order valence-electron chi connectivity index (χ2n) is 5.35. The number of halogens is 1. The number of hydrogen-bond donors (Lipinski definition) is 1. The van der Waals surface area contributed by atoms with E-state index in [2.05, 4.69) is 5.32 Å². The standard InChI is InChI=1S/C18H18ClNO5/c1-12(21)13-4-6-14(7-5-13)24-11-15-8-9-16(25-15)18(23)20-10-2-3-17(19)22/h4-9H,2-3,10-11H2,1H3,(H,20,23). The van der Waals surface area contributed by atoms with Crippen molar-refractivity contribution < 1.29 is 23.5 Å². The Bertz CT molecular complexity index is 751. The highest BCUT2D eigenvalue weighted by molar-refractivity contribution is 6.63. The molecule has 0 saturated carbocycles. The monoisotopic (exact) mass is 363 g/mol. The Kier molecular flexibility index (Phi) is 6.77. The molecule has 1 amide bonds. The summed E-state index contributed by atoms with van der Waals surface area (Å²) in [6, 6.07) is 9.98. The number of amides is 1. The third-order valence-electron chi connectivity index (χ3n) is 3.36. The predicted octanol–water partition coefficient (Wildman–Crippen LogP) is 3.34. The molecule has 0 fully saturated rings. The van der Waals surface area contributed by atoms with E-state index in [-0.39, 0.29) is 30.5 Å². The fourth-order valence-electron chi connectivity index (χ4n) is 2.03. The number of carbonyl (C=O) groups is 3. The van der Waals surface area contributed by atoms with E-state index in [9.17, 15) is 14.4 Å². The molecule has 7 heteroatoms. The molecular formula is C18H18ClNO5. The molecule has 0 radical (unpaired) electrons. The van der Waals surface area contributed by atoms with Crippen LogP contribution in [0.5, 0.6) is 5.75 Å². The van der Waals surface area contributed by atoms with Crippen LogP contribution in [0.1, 0.15) is 46.4 Å². The highest BCUT2D eigenvalue weighted by atomic mass is 35.5. The first-order valence-electron chi connectivity index (χ1n) is 7.75. The largest absolute Gasteiger partial charge is 0.486 e. The maximum atomic E-state index is 11.9. The Morgan fingerprint density at radius 2 is 1.84 bits per heavy atom. The van der Waals surface area contributed by atoms with Gasteiger partial charge in [-0.15, -0.1) is 0 Å². The third-order valence-corrected chi connectivity index (χ3v) is 3.55. The van der Waals surface area contributed by atoms with Crippen LogP contribution < -0.4 is 10.1 Å². The molecule has 6 nitrogen and oxygen atoms in total. The molecule has 0 aliphatic heterocycles. The lowest BCUT2D eigenvalue weighted by molar-refractivity contribution is -0.111. The maximum absolute atomic E-state index is 11.9. The van der Waals surface area contributed by atoms with Crippen LogP contribution in [0.2, 0.25) is 0 Å². The first kappa shape index (κ1) is 18.7. The summed E-state index contributed by atoms with van der Waals surface area (Å²) in [7, 11) is 0. The van der Waals surface area contributed by atoms with Crippen molar-refractivity contribution in [2.75, 3.05) is 6.54 Å². The first-order valence-corrected chi connectivity index (χ1v) is 8.12. The highest BCUT2D eigenvalue weighted by Crippen LogP contribution is 2.16. The van der Waals surface area contributed by atoms with Crippen LogP contribution >= 0.6 is 11.6 Å². The summed E-state index contributed by atoms with van der Waals surface area (Å²) in [6.07, 6.45) is 0.683. The van der Waals surface area contributed by atoms with Crippen molar-refractivity contribution in [3.63, 3.8) is 0 Å². The zero-order valence-corrected chi connectivity index (χ0v) is 14.5. The van der Waals surface area contributed by atoms with E-state index in [1.54, 1.807) is 36.4 Å². The summed E-state index contributed by atoms with van der Waals surface area (Å²) in [5.41, 5.74) is 0.611. The minimum absolute atomic E-state index is 0.0105. The second-order valence-corrected chi connectivity index (χ2v) is 5.77. The van der Waals surface area contributed by atoms with E-state index < -0.39 is 5.24 Å². The number of Topliss-reactive ketones (excluding diaryl/α,β-unsaturated/α-hetero) is 1. The van der Waals surface area contributed by atoms with Crippen molar-refractivity contribution in [1.29, 1.82) is 0 Å². The molecule has 0 saturated heterocycles. The molecule has 0 aliphatic carbocycles. The molecule has 132 valence electrons. The Labute approximate surface area is 150 Å². The zero-order valence-electron chi connectivity index (χ0n) is 13.7. The summed E-state index contributed by atoms with van der Waals surface area (Å²) in [5, 5.41) is 2.21. The van der Waals surface area contributed by atoms with E-state index in [1.807, 2.05) is 0 Å². The third kappa shape index (κ3) is 6.08. The van der Waals surface area contributed by atoms with Crippen LogP contribution in [0, 0.1) is 0 Å². The van der Waals surface area contributed by atoms with Crippen molar-refractivity contribution in [3.8, 4) is 5.75 Å². The van der Waals surface area contributed by atoms with Gasteiger partial charge in [0.1, 0.15) is 18.1 Å². The quantitative estimate of drug-likeness (QED) is 0.419. The van der Waals surface area contributed by atoms with Crippen LogP contribution in [0.25, 0.3) is 0 Å². The predicted molar refractivity (Wildman–Crippen MR) is 91.9 cm³/mol. The van der Waals surface area contributed by atoms with Crippen LogP contribution in [0.4, 0.5) is 0 Å². The summed E-state index contributed by atoms with van der Waals surface area (Å²) in [4.78, 5) is 33.7. The Morgan fingerprint density at radius 3 is 2.48 bits per heavy atom. The minimum atomic E-state index is -0.428.